The molecule has 0 atom stereocenters. The van der Waals surface area contributed by atoms with Crippen LogP contribution in [-0.4, -0.2) is 25.6 Å². The van der Waals surface area contributed by atoms with E-state index in [9.17, 15) is 14.4 Å². The molecule has 2 aromatic heterocycles. The van der Waals surface area contributed by atoms with E-state index >= 15 is 0 Å². The van der Waals surface area contributed by atoms with Crippen molar-refractivity contribution in [3.05, 3.63) is 38.7 Å². The lowest BCUT2D eigenvalue weighted by Crippen LogP contribution is -2.29. The monoisotopic (exact) mass is 221 g/mol. The number of nitrogens with zero attached hydrogens (tertiary/aromatic N) is 2. The summed E-state index contributed by atoms with van der Waals surface area (Å²) in [5.74, 6) is -1.18. The molecule has 82 valence electrons. The molecule has 0 saturated heterocycles. The van der Waals surface area contributed by atoms with Crippen LogP contribution in [0, 0.1) is 0 Å². The van der Waals surface area contributed by atoms with Crippen LogP contribution in [0.25, 0.3) is 11.0 Å². The van der Waals surface area contributed by atoms with Crippen LogP contribution in [0.5, 0.6) is 0 Å². The van der Waals surface area contributed by atoms with Crippen molar-refractivity contribution in [3.8, 4) is 0 Å². The molecule has 0 spiro atoms. The van der Waals surface area contributed by atoms with Gasteiger partial charge in [0.25, 0.3) is 5.56 Å². The minimum absolute atomic E-state index is 0.0713. The molecule has 0 radical (unpaired) electrons. The third kappa shape index (κ3) is 1.38. The normalized spacial score (nSPS) is 10.6. The zero-order valence-electron chi connectivity index (χ0n) is 8.22. The topological polar surface area (TPSA) is 105 Å². The standard InChI is InChI=1S/C9H7N3O4/c1-12-6-5(7(13)11-9(12)16)2-4(3-10-6)8(14)15/h2-3H,1H3,(H,14,15)(H,11,13,16). The molecular formula is C9H7N3O4. The van der Waals surface area contributed by atoms with Crippen LogP contribution >= 0.6 is 0 Å². The molecule has 0 bridgehead atoms. The van der Waals surface area contributed by atoms with Crippen molar-refractivity contribution >= 4 is 17.0 Å². The maximum Gasteiger partial charge on any atom is 0.337 e. The van der Waals surface area contributed by atoms with E-state index in [1.165, 1.54) is 13.1 Å². The summed E-state index contributed by atoms with van der Waals surface area (Å²) < 4.78 is 1.14. The highest BCUT2D eigenvalue weighted by molar-refractivity contribution is 5.91. The fourth-order valence-corrected chi connectivity index (χ4v) is 1.35. The molecule has 2 rings (SSSR count). The van der Waals surface area contributed by atoms with E-state index in [4.69, 9.17) is 5.11 Å². The number of aryl methyl sites for hydroxylation is 1. The molecule has 0 aliphatic heterocycles. The highest BCUT2D eigenvalue weighted by Gasteiger charge is 2.09. The van der Waals surface area contributed by atoms with Crippen LogP contribution in [0.3, 0.4) is 0 Å². The molecule has 0 unspecified atom stereocenters. The second kappa shape index (κ2) is 3.30. The van der Waals surface area contributed by atoms with Crippen molar-refractivity contribution < 1.29 is 9.90 Å². The first kappa shape index (κ1) is 10.1. The largest absolute Gasteiger partial charge is 0.478 e. The van der Waals surface area contributed by atoms with E-state index in [2.05, 4.69) is 9.97 Å². The Balaban J connectivity index is 2.96. The van der Waals surface area contributed by atoms with Crippen molar-refractivity contribution in [1.82, 2.24) is 14.5 Å². The summed E-state index contributed by atoms with van der Waals surface area (Å²) >= 11 is 0. The Morgan fingerprint density at radius 1 is 1.50 bits per heavy atom. The zero-order chi connectivity index (χ0) is 11.9. The first-order valence-corrected chi connectivity index (χ1v) is 4.33. The number of carbonyl (C=O) groups is 1. The Kier molecular flexibility index (Phi) is 2.08. The number of H-pyrrole nitrogens is 1. The number of carboxylic acid groups (broad SMARTS) is 1. The van der Waals surface area contributed by atoms with Gasteiger partial charge in [-0.25, -0.2) is 14.6 Å². The van der Waals surface area contributed by atoms with E-state index in [0.717, 1.165) is 10.8 Å². The molecule has 16 heavy (non-hydrogen) atoms. The fourth-order valence-electron chi connectivity index (χ4n) is 1.35. The number of hydrogen-bond acceptors (Lipinski definition) is 4. The Hall–Kier alpha value is -2.44. The third-order valence-corrected chi connectivity index (χ3v) is 2.20. The second-order valence-corrected chi connectivity index (χ2v) is 3.22. The van der Waals surface area contributed by atoms with Gasteiger partial charge in [-0.1, -0.05) is 0 Å². The molecule has 7 heteroatoms. The predicted octanol–water partition coefficient (Wildman–Crippen LogP) is -0.680. The molecule has 2 N–H and O–H groups in total. The number of carboxylic acids is 1. The number of aromatic amines is 1. The summed E-state index contributed by atoms with van der Waals surface area (Å²) in [6.07, 6.45) is 1.10. The van der Waals surface area contributed by atoms with E-state index < -0.39 is 17.2 Å². The lowest BCUT2D eigenvalue weighted by atomic mass is 10.2. The lowest BCUT2D eigenvalue weighted by molar-refractivity contribution is 0.0696. The Bertz CT molecular complexity index is 698. The molecule has 0 aliphatic carbocycles. The summed E-state index contributed by atoms with van der Waals surface area (Å²) in [6.45, 7) is 0. The number of rotatable bonds is 1. The Morgan fingerprint density at radius 2 is 2.19 bits per heavy atom. The van der Waals surface area contributed by atoms with E-state index in [1.807, 2.05) is 0 Å². The van der Waals surface area contributed by atoms with Crippen LogP contribution in [-0.2, 0) is 7.05 Å². The molecule has 0 aromatic carbocycles. The van der Waals surface area contributed by atoms with E-state index in [1.54, 1.807) is 0 Å². The quantitative estimate of drug-likeness (QED) is 0.663. The molecule has 7 nitrogen and oxygen atoms in total. The van der Waals surface area contributed by atoms with Crippen molar-refractivity contribution in [1.29, 1.82) is 0 Å². The molecule has 2 heterocycles. The fraction of sp³-hybridized carbons (Fsp3) is 0.111. The lowest BCUT2D eigenvalue weighted by Gasteiger charge is -2.02. The Morgan fingerprint density at radius 3 is 2.81 bits per heavy atom. The van der Waals surface area contributed by atoms with Crippen molar-refractivity contribution in [2.75, 3.05) is 0 Å². The zero-order valence-corrected chi connectivity index (χ0v) is 8.22. The van der Waals surface area contributed by atoms with Gasteiger partial charge in [-0.3, -0.25) is 14.3 Å². The second-order valence-electron chi connectivity index (χ2n) is 3.22. The van der Waals surface area contributed by atoms with Crippen LogP contribution in [0.2, 0.25) is 0 Å². The number of nitrogens with one attached hydrogen (secondary N) is 1. The molecule has 0 amide bonds. The van der Waals surface area contributed by atoms with Crippen molar-refractivity contribution in [3.63, 3.8) is 0 Å². The van der Waals surface area contributed by atoms with Gasteiger partial charge >= 0.3 is 11.7 Å². The summed E-state index contributed by atoms with van der Waals surface area (Å²) in [5.41, 5.74) is -1.18. The number of hydrogen-bond donors (Lipinski definition) is 2. The molecule has 0 fully saturated rings. The highest BCUT2D eigenvalue weighted by atomic mass is 16.4. The minimum Gasteiger partial charge on any atom is -0.478 e. The first-order valence-electron chi connectivity index (χ1n) is 4.33. The SMILES string of the molecule is Cn1c(=O)[nH]c(=O)c2cc(C(=O)O)cnc21. The van der Waals surface area contributed by atoms with Gasteiger partial charge in [0.1, 0.15) is 5.65 Å². The van der Waals surface area contributed by atoms with Gasteiger partial charge in [-0.2, -0.15) is 0 Å². The first-order chi connectivity index (χ1) is 7.50. The van der Waals surface area contributed by atoms with Crippen LogP contribution in [0.1, 0.15) is 10.4 Å². The molecular weight excluding hydrogens is 214 g/mol. The summed E-state index contributed by atoms with van der Waals surface area (Å²) in [5, 5.41) is 8.81. The van der Waals surface area contributed by atoms with Crippen molar-refractivity contribution in [2.45, 2.75) is 0 Å². The number of fused-ring (bicyclic) bond motifs is 1. The average molecular weight is 221 g/mol. The molecule has 2 aromatic rings. The maximum absolute atomic E-state index is 11.4. The number of aromatic nitrogens is 3. The maximum atomic E-state index is 11.4. The summed E-state index contributed by atoms with van der Waals surface area (Å²) in [6, 6.07) is 1.18. The molecule has 0 aliphatic rings. The third-order valence-electron chi connectivity index (χ3n) is 2.20. The van der Waals surface area contributed by atoms with Gasteiger partial charge in [0, 0.05) is 13.2 Å². The van der Waals surface area contributed by atoms with Crippen LogP contribution in [0.4, 0.5) is 0 Å². The number of aromatic carboxylic acids is 1. The number of pyridine rings is 1. The highest BCUT2D eigenvalue weighted by Crippen LogP contribution is 2.06. The predicted molar refractivity (Wildman–Crippen MR) is 54.6 cm³/mol. The van der Waals surface area contributed by atoms with Crippen LogP contribution in [0.15, 0.2) is 21.9 Å². The van der Waals surface area contributed by atoms with Gasteiger partial charge in [0.05, 0.1) is 10.9 Å². The molecule has 0 saturated carbocycles. The average Bonchev–Trinajstić information content (AvgIpc) is 2.25. The summed E-state index contributed by atoms with van der Waals surface area (Å²) in [7, 11) is 1.44. The van der Waals surface area contributed by atoms with Gasteiger partial charge in [-0.15, -0.1) is 0 Å². The van der Waals surface area contributed by atoms with Gasteiger partial charge in [0.2, 0.25) is 0 Å². The van der Waals surface area contributed by atoms with Crippen molar-refractivity contribution in [2.24, 2.45) is 7.05 Å². The Labute approximate surface area is 88.0 Å². The summed E-state index contributed by atoms with van der Waals surface area (Å²) in [4.78, 5) is 39.2. The van der Waals surface area contributed by atoms with Gasteiger partial charge in [0.15, 0.2) is 0 Å². The minimum atomic E-state index is -1.18. The van der Waals surface area contributed by atoms with E-state index in [0.29, 0.717) is 0 Å². The van der Waals surface area contributed by atoms with Crippen LogP contribution < -0.4 is 11.2 Å². The van der Waals surface area contributed by atoms with Gasteiger partial charge < -0.3 is 5.11 Å². The van der Waals surface area contributed by atoms with Gasteiger partial charge in [-0.05, 0) is 6.07 Å². The van der Waals surface area contributed by atoms with E-state index in [-0.39, 0.29) is 16.6 Å². The smallest absolute Gasteiger partial charge is 0.337 e.